The van der Waals surface area contributed by atoms with E-state index in [4.69, 9.17) is 4.74 Å². The molecule has 122 valence electrons. The molecule has 2 aliphatic rings. The van der Waals surface area contributed by atoms with Gasteiger partial charge in [0.15, 0.2) is 6.29 Å². The summed E-state index contributed by atoms with van der Waals surface area (Å²) in [4.78, 5) is 2.20. The van der Waals surface area contributed by atoms with Crippen molar-refractivity contribution in [3.8, 4) is 0 Å². The molecule has 0 bridgehead atoms. The minimum atomic E-state index is -0.885. The zero-order valence-electron chi connectivity index (χ0n) is 13.4. The van der Waals surface area contributed by atoms with Gasteiger partial charge in [-0.1, -0.05) is 30.3 Å². The van der Waals surface area contributed by atoms with Gasteiger partial charge in [0, 0.05) is 37.1 Å². The van der Waals surface area contributed by atoms with E-state index in [2.05, 4.69) is 24.0 Å². The third-order valence-corrected chi connectivity index (χ3v) is 5.49. The molecule has 1 heterocycles. The number of likely N-dealkylation sites (tertiary alicyclic amines) is 1. The van der Waals surface area contributed by atoms with Gasteiger partial charge in [0.1, 0.15) is 6.17 Å². The summed E-state index contributed by atoms with van der Waals surface area (Å²) >= 11 is 0. The molecule has 1 unspecified atom stereocenters. The van der Waals surface area contributed by atoms with Crippen LogP contribution in [0, 0.1) is 11.3 Å². The molecule has 0 spiro atoms. The van der Waals surface area contributed by atoms with Gasteiger partial charge in [-0.15, -0.1) is 0 Å². The molecule has 22 heavy (non-hydrogen) atoms. The van der Waals surface area contributed by atoms with Crippen molar-refractivity contribution in [3.63, 3.8) is 0 Å². The Morgan fingerprint density at radius 3 is 2.59 bits per heavy atom. The molecule has 1 aromatic rings. The number of rotatable bonds is 6. The molecular weight excluding hydrogens is 281 g/mol. The standard InChI is InChI=1S/C18H26FNO2/c1-3-22-17(21)18(9-10-18)15-11-20(12-16(15)19)13(2)14-7-5-4-6-8-14/h4-8,13,15-17,21H,3,9-12H2,1-2H3/t13-,15-,16-,17?/m0/s1. The number of aliphatic hydroxyl groups is 1. The molecule has 1 saturated carbocycles. The first-order valence-electron chi connectivity index (χ1n) is 8.31. The van der Waals surface area contributed by atoms with E-state index < -0.39 is 12.5 Å². The van der Waals surface area contributed by atoms with E-state index in [1.807, 2.05) is 25.1 Å². The molecule has 0 radical (unpaired) electrons. The summed E-state index contributed by atoms with van der Waals surface area (Å²) in [5, 5.41) is 10.3. The highest BCUT2D eigenvalue weighted by Gasteiger charge is 2.60. The summed E-state index contributed by atoms with van der Waals surface area (Å²) in [5.41, 5.74) is 0.853. The van der Waals surface area contributed by atoms with Gasteiger partial charge >= 0.3 is 0 Å². The van der Waals surface area contributed by atoms with E-state index in [0.29, 0.717) is 19.7 Å². The van der Waals surface area contributed by atoms with E-state index in [1.165, 1.54) is 5.56 Å². The molecule has 4 atom stereocenters. The number of hydrogen-bond acceptors (Lipinski definition) is 3. The first-order valence-corrected chi connectivity index (χ1v) is 8.31. The minimum absolute atomic E-state index is 0.125. The van der Waals surface area contributed by atoms with Crippen LogP contribution in [0.2, 0.25) is 0 Å². The fourth-order valence-electron chi connectivity index (χ4n) is 3.86. The summed E-state index contributed by atoms with van der Waals surface area (Å²) < 4.78 is 20.0. The number of halogens is 1. The zero-order chi connectivity index (χ0) is 15.7. The van der Waals surface area contributed by atoms with Crippen LogP contribution in [0.1, 0.15) is 38.3 Å². The largest absolute Gasteiger partial charge is 0.367 e. The fraction of sp³-hybridized carbons (Fsp3) is 0.667. The smallest absolute Gasteiger partial charge is 0.160 e. The van der Waals surface area contributed by atoms with Crippen LogP contribution in [0.15, 0.2) is 30.3 Å². The third kappa shape index (κ3) is 2.80. The predicted molar refractivity (Wildman–Crippen MR) is 84.1 cm³/mol. The van der Waals surface area contributed by atoms with Crippen molar-refractivity contribution in [1.82, 2.24) is 4.90 Å². The number of nitrogens with zero attached hydrogens (tertiary/aromatic N) is 1. The molecule has 3 nitrogen and oxygen atoms in total. The molecule has 2 fully saturated rings. The van der Waals surface area contributed by atoms with Crippen molar-refractivity contribution in [3.05, 3.63) is 35.9 Å². The van der Waals surface area contributed by atoms with Crippen LogP contribution < -0.4 is 0 Å². The second kappa shape index (κ2) is 6.26. The van der Waals surface area contributed by atoms with Crippen molar-refractivity contribution in [2.45, 2.75) is 45.2 Å². The maximum Gasteiger partial charge on any atom is 0.160 e. The van der Waals surface area contributed by atoms with Crippen LogP contribution in [0.25, 0.3) is 0 Å². The van der Waals surface area contributed by atoms with Gasteiger partial charge in [-0.25, -0.2) is 4.39 Å². The molecule has 0 aromatic heterocycles. The Hall–Kier alpha value is -0.970. The molecule has 1 aliphatic carbocycles. The second-order valence-electron chi connectivity index (χ2n) is 6.70. The number of aliphatic hydroxyl groups excluding tert-OH is 1. The first kappa shape index (κ1) is 15.9. The van der Waals surface area contributed by atoms with Crippen LogP contribution in [0.3, 0.4) is 0 Å². The Labute approximate surface area is 132 Å². The van der Waals surface area contributed by atoms with Crippen molar-refractivity contribution >= 4 is 0 Å². The molecule has 1 aromatic carbocycles. The number of alkyl halides is 1. The average Bonchev–Trinajstić information content (AvgIpc) is 3.25. The summed E-state index contributed by atoms with van der Waals surface area (Å²) in [7, 11) is 0. The summed E-state index contributed by atoms with van der Waals surface area (Å²) in [5.74, 6) is -0.125. The fourth-order valence-corrected chi connectivity index (χ4v) is 3.86. The monoisotopic (exact) mass is 307 g/mol. The lowest BCUT2D eigenvalue weighted by molar-refractivity contribution is -0.158. The topological polar surface area (TPSA) is 32.7 Å². The zero-order valence-corrected chi connectivity index (χ0v) is 13.4. The van der Waals surface area contributed by atoms with Crippen molar-refractivity contribution in [2.24, 2.45) is 11.3 Å². The highest BCUT2D eigenvalue weighted by atomic mass is 19.1. The summed E-state index contributed by atoms with van der Waals surface area (Å²) in [6.45, 7) is 5.60. The van der Waals surface area contributed by atoms with Crippen LogP contribution in [0.4, 0.5) is 4.39 Å². The Kier molecular flexibility index (Phi) is 4.53. The van der Waals surface area contributed by atoms with E-state index in [0.717, 1.165) is 12.8 Å². The Morgan fingerprint density at radius 2 is 2.00 bits per heavy atom. The Morgan fingerprint density at radius 1 is 1.32 bits per heavy atom. The number of hydrogen-bond donors (Lipinski definition) is 1. The van der Waals surface area contributed by atoms with E-state index in [-0.39, 0.29) is 17.4 Å². The van der Waals surface area contributed by atoms with Crippen LogP contribution in [-0.2, 0) is 4.74 Å². The van der Waals surface area contributed by atoms with Crippen LogP contribution >= 0.6 is 0 Å². The SMILES string of the molecule is CCOC(O)C1([C@H]2CN([C@@H](C)c3ccccc3)C[C@@H]2F)CC1. The highest BCUT2D eigenvalue weighted by Crippen LogP contribution is 2.58. The van der Waals surface area contributed by atoms with Crippen LogP contribution in [0.5, 0.6) is 0 Å². The lowest BCUT2D eigenvalue weighted by atomic mass is 9.86. The van der Waals surface area contributed by atoms with E-state index >= 15 is 0 Å². The van der Waals surface area contributed by atoms with Crippen molar-refractivity contribution in [2.75, 3.05) is 19.7 Å². The highest BCUT2D eigenvalue weighted by molar-refractivity contribution is 5.19. The lowest BCUT2D eigenvalue weighted by Crippen LogP contribution is -2.37. The molecule has 1 N–H and O–H groups in total. The number of benzene rings is 1. The third-order valence-electron chi connectivity index (χ3n) is 5.49. The summed E-state index contributed by atoms with van der Waals surface area (Å²) in [6.07, 6.45) is 0.0242. The van der Waals surface area contributed by atoms with E-state index in [9.17, 15) is 9.50 Å². The average molecular weight is 307 g/mol. The molecule has 1 saturated heterocycles. The Balaban J connectivity index is 1.70. The molecule has 3 rings (SSSR count). The predicted octanol–water partition coefficient (Wildman–Crippen LogP) is 3.15. The van der Waals surface area contributed by atoms with Gasteiger partial charge in [-0.2, -0.15) is 0 Å². The lowest BCUT2D eigenvalue weighted by Gasteiger charge is -2.30. The Bertz CT molecular complexity index is 491. The maximum atomic E-state index is 14.6. The van der Waals surface area contributed by atoms with Crippen LogP contribution in [-0.4, -0.2) is 42.2 Å². The van der Waals surface area contributed by atoms with Gasteiger partial charge in [-0.05, 0) is 32.3 Å². The summed E-state index contributed by atoms with van der Waals surface area (Å²) in [6, 6.07) is 10.4. The molecular formula is C18H26FNO2. The second-order valence-corrected chi connectivity index (χ2v) is 6.70. The van der Waals surface area contributed by atoms with Gasteiger partial charge in [0.05, 0.1) is 0 Å². The molecule has 0 amide bonds. The van der Waals surface area contributed by atoms with Crippen molar-refractivity contribution in [1.29, 1.82) is 0 Å². The van der Waals surface area contributed by atoms with Gasteiger partial charge in [0.25, 0.3) is 0 Å². The van der Waals surface area contributed by atoms with Gasteiger partial charge in [0.2, 0.25) is 0 Å². The maximum absolute atomic E-state index is 14.6. The van der Waals surface area contributed by atoms with E-state index in [1.54, 1.807) is 0 Å². The minimum Gasteiger partial charge on any atom is -0.367 e. The molecule has 4 heteroatoms. The quantitative estimate of drug-likeness (QED) is 0.820. The van der Waals surface area contributed by atoms with Crippen molar-refractivity contribution < 1.29 is 14.2 Å². The number of ether oxygens (including phenoxy) is 1. The molecule has 1 aliphatic heterocycles. The van der Waals surface area contributed by atoms with Gasteiger partial charge in [-0.3, -0.25) is 4.90 Å². The normalized spacial score (nSPS) is 30.2. The van der Waals surface area contributed by atoms with Gasteiger partial charge < -0.3 is 9.84 Å². The first-order chi connectivity index (χ1) is 10.6.